The number of fused-ring (bicyclic) bond motifs is 7. The van der Waals surface area contributed by atoms with E-state index < -0.39 is 28.9 Å². The number of rotatable bonds is 6. The van der Waals surface area contributed by atoms with Crippen LogP contribution in [-0.2, 0) is 27.4 Å². The highest BCUT2D eigenvalue weighted by molar-refractivity contribution is 7.23. The first-order chi connectivity index (χ1) is 27.5. The number of nitrogens with zero attached hydrogens (tertiary/aromatic N) is 7. The van der Waals surface area contributed by atoms with E-state index in [4.69, 9.17) is 28.9 Å². The largest absolute Gasteiger partial charge is 0.461 e. The summed E-state index contributed by atoms with van der Waals surface area (Å²) in [6, 6.07) is 1.86. The topological polar surface area (TPSA) is 155 Å². The van der Waals surface area contributed by atoms with Crippen molar-refractivity contribution >= 4 is 55.3 Å². The second-order valence-electron chi connectivity index (χ2n) is 17.9. The highest BCUT2D eigenvalue weighted by Crippen LogP contribution is 2.49. The number of nitriles is 1. The Kier molecular flexibility index (Phi) is 9.21. The second kappa shape index (κ2) is 13.8. The van der Waals surface area contributed by atoms with Gasteiger partial charge in [0.15, 0.2) is 11.6 Å². The van der Waals surface area contributed by atoms with Crippen LogP contribution in [0.4, 0.5) is 29.2 Å². The van der Waals surface area contributed by atoms with Crippen LogP contribution in [0.25, 0.3) is 32.2 Å². The number of anilines is 2. The summed E-state index contributed by atoms with van der Waals surface area (Å²) < 4.78 is 57.1. The van der Waals surface area contributed by atoms with E-state index in [1.54, 1.807) is 25.7 Å². The molecule has 0 spiro atoms. The fourth-order valence-electron chi connectivity index (χ4n) is 9.32. The number of carbonyl (C=O) groups excluding carboxylic acids is 2. The number of thiophene rings is 1. The van der Waals surface area contributed by atoms with E-state index in [1.807, 2.05) is 20.8 Å². The van der Waals surface area contributed by atoms with Gasteiger partial charge in [0.2, 0.25) is 0 Å². The summed E-state index contributed by atoms with van der Waals surface area (Å²) >= 11 is 0.845. The standard InChI is InChI=1S/C41H46F2N8O6S/c1-39(2,3)56-37(52)48-35-23(14-44)28-31(45-15-26(42)33(28)58-35)27-24-18-54-19-25(24)29-32(30(27)43)46-36(55-20-41-10-7-12-50(41)13-11-41)47-34(29)51-21-8-9-22(51)17-49(16-21)38(53)57-40(4,5)6/h15,21-22H,7-13,16-20H2,1-6H3,(H,48,52). The maximum Gasteiger partial charge on any atom is 0.412 e. The van der Waals surface area contributed by atoms with Crippen LogP contribution in [0.5, 0.6) is 6.01 Å². The Labute approximate surface area is 338 Å². The molecule has 5 aliphatic rings. The van der Waals surface area contributed by atoms with Crippen molar-refractivity contribution in [3.8, 4) is 23.3 Å². The number of ether oxygens (including phenoxy) is 4. The molecule has 0 radical (unpaired) electrons. The van der Waals surface area contributed by atoms with Gasteiger partial charge in [-0.05, 0) is 91.3 Å². The Morgan fingerprint density at radius 3 is 2.40 bits per heavy atom. The van der Waals surface area contributed by atoms with Crippen molar-refractivity contribution in [1.29, 1.82) is 5.26 Å². The van der Waals surface area contributed by atoms with Crippen LogP contribution < -0.4 is 15.0 Å². The zero-order valence-corrected chi connectivity index (χ0v) is 34.3. The summed E-state index contributed by atoms with van der Waals surface area (Å²) in [4.78, 5) is 46.7. The number of piperazine rings is 1. The summed E-state index contributed by atoms with van der Waals surface area (Å²) in [6.45, 7) is 13.9. The quantitative estimate of drug-likeness (QED) is 0.203. The van der Waals surface area contributed by atoms with Gasteiger partial charge < -0.3 is 28.7 Å². The van der Waals surface area contributed by atoms with Crippen LogP contribution >= 0.6 is 11.3 Å². The van der Waals surface area contributed by atoms with E-state index in [0.717, 1.165) is 62.7 Å². The highest BCUT2D eigenvalue weighted by Gasteiger charge is 2.49. The first-order valence-corrected chi connectivity index (χ1v) is 20.6. The fourth-order valence-corrected chi connectivity index (χ4v) is 10.4. The highest BCUT2D eigenvalue weighted by atomic mass is 32.1. The van der Waals surface area contributed by atoms with Gasteiger partial charge in [0.25, 0.3) is 0 Å². The molecule has 4 fully saturated rings. The van der Waals surface area contributed by atoms with Gasteiger partial charge in [-0.25, -0.2) is 18.4 Å². The van der Waals surface area contributed by atoms with Crippen molar-refractivity contribution in [2.24, 2.45) is 0 Å². The molecule has 3 aromatic heterocycles. The third-order valence-electron chi connectivity index (χ3n) is 11.8. The first kappa shape index (κ1) is 38.6. The van der Waals surface area contributed by atoms with E-state index >= 15 is 8.78 Å². The zero-order valence-electron chi connectivity index (χ0n) is 33.5. The lowest BCUT2D eigenvalue weighted by Gasteiger charge is -2.47. The van der Waals surface area contributed by atoms with Crippen LogP contribution in [0.2, 0.25) is 0 Å². The van der Waals surface area contributed by atoms with Gasteiger partial charge in [0.05, 0.1) is 46.3 Å². The summed E-state index contributed by atoms with van der Waals surface area (Å²) in [6.07, 6.45) is 4.43. The molecule has 4 saturated heterocycles. The number of amides is 2. The predicted octanol–water partition coefficient (Wildman–Crippen LogP) is 7.64. The van der Waals surface area contributed by atoms with E-state index in [1.165, 1.54) is 0 Å². The maximum atomic E-state index is 17.8. The van der Waals surface area contributed by atoms with Gasteiger partial charge in [-0.3, -0.25) is 15.2 Å². The van der Waals surface area contributed by atoms with Crippen molar-refractivity contribution in [3.63, 3.8) is 0 Å². The summed E-state index contributed by atoms with van der Waals surface area (Å²) in [7, 11) is 0. The molecular formula is C41H46F2N8O6S. The van der Waals surface area contributed by atoms with Crippen molar-refractivity contribution in [2.45, 2.75) is 116 Å². The molecule has 17 heteroatoms. The second-order valence-corrected chi connectivity index (χ2v) is 18.9. The molecule has 9 rings (SSSR count). The van der Waals surface area contributed by atoms with Crippen LogP contribution in [0.3, 0.4) is 0 Å². The van der Waals surface area contributed by atoms with Gasteiger partial charge in [0.1, 0.15) is 40.2 Å². The molecule has 306 valence electrons. The van der Waals surface area contributed by atoms with Crippen LogP contribution in [-0.4, -0.2) is 98.5 Å². The van der Waals surface area contributed by atoms with Crippen molar-refractivity contribution in [3.05, 3.63) is 34.5 Å². The lowest BCUT2D eigenvalue weighted by atomic mass is 9.86. The third-order valence-corrected chi connectivity index (χ3v) is 12.9. The number of nitrogens with one attached hydrogen (secondary N) is 1. The predicted molar refractivity (Wildman–Crippen MR) is 212 cm³/mol. The van der Waals surface area contributed by atoms with Gasteiger partial charge >= 0.3 is 18.2 Å². The SMILES string of the molecule is CC(C)(C)OC(=O)Nc1sc2c(F)cnc(-c3c4c(c5c(N6C7CCC6CN(C(=O)OC(C)(C)C)C7)nc(OCC67CCCN6CC7)nc5c3F)COC4)c2c1C#N. The number of hydrogen-bond donors (Lipinski definition) is 1. The Hall–Kier alpha value is -4.92. The lowest BCUT2D eigenvalue weighted by molar-refractivity contribution is -0.0132. The van der Waals surface area contributed by atoms with Crippen molar-refractivity contribution < 1.29 is 37.3 Å². The molecule has 0 saturated carbocycles. The smallest absolute Gasteiger partial charge is 0.412 e. The Morgan fingerprint density at radius 2 is 1.74 bits per heavy atom. The number of halogens is 2. The average Bonchev–Trinajstić information content (AvgIpc) is 3.89. The number of carbonyl (C=O) groups is 2. The molecule has 5 aliphatic heterocycles. The van der Waals surface area contributed by atoms with Gasteiger partial charge in [-0.2, -0.15) is 15.2 Å². The van der Waals surface area contributed by atoms with E-state index in [9.17, 15) is 14.9 Å². The minimum Gasteiger partial charge on any atom is -0.461 e. The van der Waals surface area contributed by atoms with Crippen LogP contribution in [0, 0.1) is 23.0 Å². The minimum absolute atomic E-state index is 0.0114. The summed E-state index contributed by atoms with van der Waals surface area (Å²) in [5, 5.41) is 13.6. The molecule has 14 nitrogen and oxygen atoms in total. The van der Waals surface area contributed by atoms with Gasteiger partial charge in [-0.15, -0.1) is 11.3 Å². The molecule has 3 unspecified atom stereocenters. The zero-order chi connectivity index (χ0) is 40.9. The molecule has 8 heterocycles. The molecule has 0 aliphatic carbocycles. The van der Waals surface area contributed by atoms with Crippen LogP contribution in [0.1, 0.15) is 90.3 Å². The number of aromatic nitrogens is 3. The van der Waals surface area contributed by atoms with Crippen molar-refractivity contribution in [1.82, 2.24) is 24.8 Å². The monoisotopic (exact) mass is 816 g/mol. The minimum atomic E-state index is -0.831. The Balaban J connectivity index is 1.19. The molecule has 1 N–H and O–H groups in total. The number of likely N-dealkylation sites (tertiary alicyclic amines) is 1. The molecule has 2 bridgehead atoms. The number of pyridine rings is 1. The summed E-state index contributed by atoms with van der Waals surface area (Å²) in [5.41, 5.74) is -0.490. The van der Waals surface area contributed by atoms with E-state index in [-0.39, 0.29) is 80.4 Å². The fraction of sp³-hybridized carbons (Fsp3) is 0.561. The normalized spacial score (nSPS) is 22.8. The average molecular weight is 817 g/mol. The van der Waals surface area contributed by atoms with E-state index in [2.05, 4.69) is 26.2 Å². The number of benzene rings is 1. The molecule has 1 aromatic carbocycles. The third kappa shape index (κ3) is 6.53. The molecule has 2 amide bonds. The maximum absolute atomic E-state index is 17.8. The Bertz CT molecular complexity index is 2410. The first-order valence-electron chi connectivity index (χ1n) is 19.8. The molecule has 3 atom stereocenters. The van der Waals surface area contributed by atoms with E-state index in [0.29, 0.717) is 42.0 Å². The lowest BCUT2D eigenvalue weighted by Crippen LogP contribution is -2.59. The van der Waals surface area contributed by atoms with Gasteiger partial charge in [-0.1, -0.05) is 0 Å². The molecule has 58 heavy (non-hydrogen) atoms. The summed E-state index contributed by atoms with van der Waals surface area (Å²) in [5.74, 6) is -0.967. The number of hydrogen-bond acceptors (Lipinski definition) is 13. The van der Waals surface area contributed by atoms with Gasteiger partial charge in [0, 0.05) is 42.7 Å². The molecule has 4 aromatic rings. The van der Waals surface area contributed by atoms with Crippen molar-refractivity contribution in [2.75, 3.05) is 43.0 Å². The Morgan fingerprint density at radius 1 is 1.02 bits per heavy atom. The molecular weight excluding hydrogens is 771 g/mol. The van der Waals surface area contributed by atoms with Crippen LogP contribution in [0.15, 0.2) is 6.20 Å².